The Morgan fingerprint density at radius 3 is 2.80 bits per heavy atom. The van der Waals surface area contributed by atoms with Crippen molar-refractivity contribution in [3.63, 3.8) is 0 Å². The first kappa shape index (κ1) is 21.1. The van der Waals surface area contributed by atoms with E-state index in [0.29, 0.717) is 28.9 Å². The molecule has 8 heteroatoms. The van der Waals surface area contributed by atoms with E-state index in [1.54, 1.807) is 12.0 Å². The van der Waals surface area contributed by atoms with Crippen molar-refractivity contribution in [1.29, 1.82) is 5.26 Å². The van der Waals surface area contributed by atoms with E-state index in [2.05, 4.69) is 26.9 Å². The maximum atomic E-state index is 13.1. The summed E-state index contributed by atoms with van der Waals surface area (Å²) in [4.78, 5) is 16.9. The number of thioether (sulfide) groups is 1. The molecule has 2 heterocycles. The number of rotatable bonds is 3. The lowest BCUT2D eigenvalue weighted by Gasteiger charge is -2.42. The monoisotopic (exact) mass is 503 g/mol. The standard InChI is InChI=1S/C22H19BrClN3O2S/c1-13-3-5-15(8-19(13)24)26-11-27-21(28)9-16(18(10-25)22(27)30-12-26)17-7-14(23)4-6-20(17)29-2/h3-8,16H,9,11-12H2,1-2H3/t16-/m0/s1. The average molecular weight is 505 g/mol. The van der Waals surface area contributed by atoms with Gasteiger partial charge in [-0.2, -0.15) is 5.26 Å². The third-order valence-corrected chi connectivity index (χ3v) is 7.44. The highest BCUT2D eigenvalue weighted by Gasteiger charge is 2.39. The molecular formula is C22H19BrClN3O2S. The second-order valence-electron chi connectivity index (χ2n) is 7.18. The van der Waals surface area contributed by atoms with Crippen LogP contribution in [0.1, 0.15) is 23.5 Å². The molecule has 1 fully saturated rings. The smallest absolute Gasteiger partial charge is 0.229 e. The van der Waals surface area contributed by atoms with Gasteiger partial charge in [-0.05, 0) is 42.8 Å². The highest BCUT2D eigenvalue weighted by Crippen LogP contribution is 2.45. The molecule has 4 rings (SSSR count). The first-order chi connectivity index (χ1) is 14.4. The fourth-order valence-corrected chi connectivity index (χ4v) is 5.47. The highest BCUT2D eigenvalue weighted by atomic mass is 79.9. The van der Waals surface area contributed by atoms with Crippen molar-refractivity contribution in [2.24, 2.45) is 0 Å². The van der Waals surface area contributed by atoms with E-state index in [0.717, 1.165) is 26.3 Å². The van der Waals surface area contributed by atoms with Crippen molar-refractivity contribution in [1.82, 2.24) is 4.90 Å². The van der Waals surface area contributed by atoms with Crippen molar-refractivity contribution >= 4 is 50.9 Å². The second kappa shape index (κ2) is 8.54. The van der Waals surface area contributed by atoms with Crippen LogP contribution in [0, 0.1) is 18.3 Å². The van der Waals surface area contributed by atoms with Crippen LogP contribution in [-0.4, -0.2) is 30.5 Å². The molecule has 5 nitrogen and oxygen atoms in total. The topological polar surface area (TPSA) is 56.6 Å². The molecule has 0 aliphatic carbocycles. The number of fused-ring (bicyclic) bond motifs is 1. The van der Waals surface area contributed by atoms with E-state index in [1.807, 2.05) is 43.3 Å². The summed E-state index contributed by atoms with van der Waals surface area (Å²) in [5.41, 5.74) is 3.42. The third-order valence-electron chi connectivity index (χ3n) is 5.38. The van der Waals surface area contributed by atoms with Crippen LogP contribution in [0.2, 0.25) is 5.02 Å². The largest absolute Gasteiger partial charge is 0.496 e. The number of methoxy groups -OCH3 is 1. The molecule has 1 saturated heterocycles. The highest BCUT2D eigenvalue weighted by molar-refractivity contribution is 9.10. The van der Waals surface area contributed by atoms with Gasteiger partial charge < -0.3 is 9.64 Å². The molecule has 0 saturated carbocycles. The molecule has 30 heavy (non-hydrogen) atoms. The van der Waals surface area contributed by atoms with E-state index in [4.69, 9.17) is 16.3 Å². The lowest BCUT2D eigenvalue weighted by molar-refractivity contribution is -0.129. The van der Waals surface area contributed by atoms with Gasteiger partial charge in [0, 0.05) is 33.1 Å². The Balaban J connectivity index is 1.70. The Hall–Kier alpha value is -2.14. The summed E-state index contributed by atoms with van der Waals surface area (Å²) >= 11 is 11.3. The summed E-state index contributed by atoms with van der Waals surface area (Å²) in [6.07, 6.45) is 0.224. The number of amides is 1. The zero-order valence-corrected chi connectivity index (χ0v) is 19.6. The average Bonchev–Trinajstić information content (AvgIpc) is 2.75. The molecule has 0 radical (unpaired) electrons. The number of carbonyl (C=O) groups is 1. The zero-order valence-electron chi connectivity index (χ0n) is 16.5. The lowest BCUT2D eigenvalue weighted by atomic mass is 9.86. The Morgan fingerprint density at radius 1 is 1.30 bits per heavy atom. The van der Waals surface area contributed by atoms with Crippen LogP contribution in [0.4, 0.5) is 5.69 Å². The van der Waals surface area contributed by atoms with Crippen LogP contribution in [0.15, 0.2) is 51.5 Å². The molecule has 2 aromatic rings. The van der Waals surface area contributed by atoms with Crippen molar-refractivity contribution in [2.45, 2.75) is 19.3 Å². The number of halogens is 2. The van der Waals surface area contributed by atoms with Gasteiger partial charge in [0.15, 0.2) is 0 Å². The van der Waals surface area contributed by atoms with E-state index >= 15 is 0 Å². The lowest BCUT2D eigenvalue weighted by Crippen LogP contribution is -2.47. The number of carbonyl (C=O) groups excluding carboxylic acids is 1. The molecule has 1 amide bonds. The number of hydrogen-bond donors (Lipinski definition) is 0. The van der Waals surface area contributed by atoms with Crippen molar-refractivity contribution in [3.8, 4) is 11.8 Å². The maximum absolute atomic E-state index is 13.1. The van der Waals surface area contributed by atoms with E-state index < -0.39 is 0 Å². The number of allylic oxidation sites excluding steroid dienone is 1. The van der Waals surface area contributed by atoms with Crippen molar-refractivity contribution in [2.75, 3.05) is 24.6 Å². The van der Waals surface area contributed by atoms with Crippen LogP contribution >= 0.6 is 39.3 Å². The Labute approximate surface area is 193 Å². The first-order valence-corrected chi connectivity index (χ1v) is 11.5. The van der Waals surface area contributed by atoms with E-state index in [-0.39, 0.29) is 18.2 Å². The Kier molecular flexibility index (Phi) is 6.01. The van der Waals surface area contributed by atoms with Gasteiger partial charge in [0.1, 0.15) is 5.75 Å². The minimum atomic E-state index is -0.325. The molecule has 0 spiro atoms. The molecule has 0 N–H and O–H groups in total. The Bertz CT molecular complexity index is 1100. The van der Waals surface area contributed by atoms with Gasteiger partial charge >= 0.3 is 0 Å². The number of ether oxygens (including phenoxy) is 1. The normalized spacial score (nSPS) is 18.9. The zero-order chi connectivity index (χ0) is 21.4. The van der Waals surface area contributed by atoms with Crippen LogP contribution in [0.3, 0.4) is 0 Å². The summed E-state index contributed by atoms with van der Waals surface area (Å²) in [6, 6.07) is 13.9. The molecule has 1 atom stereocenters. The molecular weight excluding hydrogens is 486 g/mol. The third kappa shape index (κ3) is 3.80. The summed E-state index contributed by atoms with van der Waals surface area (Å²) in [6.45, 7) is 2.36. The quantitative estimate of drug-likeness (QED) is 0.541. The first-order valence-electron chi connectivity index (χ1n) is 9.35. The SMILES string of the molecule is COc1ccc(Br)cc1[C@@H]1CC(=O)N2CN(c3ccc(C)c(Cl)c3)CSC2=C1C#N. The minimum absolute atomic E-state index is 0.00793. The molecule has 2 aromatic carbocycles. The number of hydrogen-bond acceptors (Lipinski definition) is 5. The van der Waals surface area contributed by atoms with Gasteiger partial charge in [0.05, 0.1) is 36.3 Å². The minimum Gasteiger partial charge on any atom is -0.496 e. The summed E-state index contributed by atoms with van der Waals surface area (Å²) in [5.74, 6) is 0.974. The van der Waals surface area contributed by atoms with Crippen LogP contribution in [0.25, 0.3) is 0 Å². The van der Waals surface area contributed by atoms with Gasteiger partial charge in [0.2, 0.25) is 5.91 Å². The Morgan fingerprint density at radius 2 is 2.10 bits per heavy atom. The van der Waals surface area contributed by atoms with Gasteiger partial charge in [-0.1, -0.05) is 45.4 Å². The molecule has 154 valence electrons. The van der Waals surface area contributed by atoms with Gasteiger partial charge in [-0.15, -0.1) is 0 Å². The van der Waals surface area contributed by atoms with E-state index in [1.165, 1.54) is 11.8 Å². The molecule has 0 bridgehead atoms. The fraction of sp³-hybridized carbons (Fsp3) is 0.273. The summed E-state index contributed by atoms with van der Waals surface area (Å²) in [5, 5.41) is 11.4. The molecule has 0 aromatic heterocycles. The molecule has 2 aliphatic heterocycles. The van der Waals surface area contributed by atoms with Gasteiger partial charge in [-0.25, -0.2) is 0 Å². The fourth-order valence-electron chi connectivity index (χ4n) is 3.75. The number of aryl methyl sites for hydroxylation is 1. The van der Waals surface area contributed by atoms with E-state index in [9.17, 15) is 10.1 Å². The number of anilines is 1. The van der Waals surface area contributed by atoms with Gasteiger partial charge in [0.25, 0.3) is 0 Å². The number of nitriles is 1. The predicted molar refractivity (Wildman–Crippen MR) is 124 cm³/mol. The summed E-state index contributed by atoms with van der Waals surface area (Å²) in [7, 11) is 1.60. The molecule has 2 aliphatic rings. The van der Waals surface area contributed by atoms with Crippen LogP contribution in [0.5, 0.6) is 5.75 Å². The predicted octanol–water partition coefficient (Wildman–Crippen LogP) is 5.64. The second-order valence-corrected chi connectivity index (χ2v) is 9.44. The molecule has 0 unspecified atom stereocenters. The number of benzene rings is 2. The summed E-state index contributed by atoms with van der Waals surface area (Å²) < 4.78 is 6.39. The van der Waals surface area contributed by atoms with Crippen LogP contribution < -0.4 is 9.64 Å². The van der Waals surface area contributed by atoms with Gasteiger partial charge in [-0.3, -0.25) is 9.69 Å². The maximum Gasteiger partial charge on any atom is 0.229 e. The number of nitrogens with zero attached hydrogens (tertiary/aromatic N) is 3. The van der Waals surface area contributed by atoms with Crippen molar-refractivity contribution in [3.05, 3.63) is 67.6 Å². The van der Waals surface area contributed by atoms with Crippen LogP contribution in [-0.2, 0) is 4.79 Å². The van der Waals surface area contributed by atoms with Crippen molar-refractivity contribution < 1.29 is 9.53 Å².